The van der Waals surface area contributed by atoms with E-state index in [9.17, 15) is 8.42 Å². The third kappa shape index (κ3) is 2.39. The molecule has 1 rings (SSSR count). The van der Waals surface area contributed by atoms with Crippen molar-refractivity contribution in [1.82, 2.24) is 0 Å². The molecule has 0 fully saturated rings. The van der Waals surface area contributed by atoms with Crippen molar-refractivity contribution in [3.63, 3.8) is 0 Å². The maximum atomic E-state index is 11.1. The topological polar surface area (TPSA) is 52.6 Å². The molecule has 0 aromatic heterocycles. The maximum Gasteiger partial charge on any atom is 0.237 e. The van der Waals surface area contributed by atoms with E-state index in [4.69, 9.17) is 9.47 Å². The molecule has 0 radical (unpaired) electrons. The Morgan fingerprint density at radius 2 is 1.71 bits per heavy atom. The van der Waals surface area contributed by atoms with E-state index in [1.165, 1.54) is 32.4 Å². The fourth-order valence-electron chi connectivity index (χ4n) is 0.968. The van der Waals surface area contributed by atoms with Gasteiger partial charge < -0.3 is 9.47 Å². The van der Waals surface area contributed by atoms with Gasteiger partial charge in [0, 0.05) is 6.07 Å². The van der Waals surface area contributed by atoms with Gasteiger partial charge in [-0.25, -0.2) is 8.42 Å². The maximum absolute atomic E-state index is 11.1. The van der Waals surface area contributed by atoms with Crippen LogP contribution in [0.25, 0.3) is 0 Å². The van der Waals surface area contributed by atoms with Crippen LogP contribution < -0.4 is 9.47 Å². The average Bonchev–Trinajstić information content (AvgIpc) is 2.15. The second kappa shape index (κ2) is 4.18. The van der Waals surface area contributed by atoms with Crippen LogP contribution in [0.5, 0.6) is 11.5 Å². The van der Waals surface area contributed by atoms with Crippen molar-refractivity contribution in [2.24, 2.45) is 0 Å². The van der Waals surface area contributed by atoms with Crippen molar-refractivity contribution in [3.8, 4) is 11.5 Å². The van der Waals surface area contributed by atoms with Crippen LogP contribution >= 0.6 is 14.8 Å². The van der Waals surface area contributed by atoms with E-state index in [-0.39, 0.29) is 4.90 Å². The van der Waals surface area contributed by atoms with Gasteiger partial charge in [0.2, 0.25) is 8.27 Å². The molecule has 0 spiro atoms. The Morgan fingerprint density at radius 1 is 1.14 bits per heavy atom. The molecule has 0 aliphatic heterocycles. The first-order valence-corrected chi connectivity index (χ1v) is 6.98. The zero-order valence-electron chi connectivity index (χ0n) is 7.65. The number of ether oxygens (including phenoxy) is 2. The van der Waals surface area contributed by atoms with Gasteiger partial charge in [-0.3, -0.25) is 0 Å². The molecule has 0 N–H and O–H groups in total. The zero-order chi connectivity index (χ0) is 10.8. The van der Waals surface area contributed by atoms with E-state index in [1.807, 2.05) is 0 Å². The average molecular weight is 281 g/mol. The SMILES string of the molecule is COc1ccc(S(=O)(=O)Br)cc1OC. The van der Waals surface area contributed by atoms with Crippen LogP contribution in [0, 0.1) is 0 Å². The first-order valence-electron chi connectivity index (χ1n) is 3.65. The number of benzene rings is 1. The van der Waals surface area contributed by atoms with Gasteiger partial charge in [-0.15, -0.1) is 0 Å². The third-order valence-corrected chi connectivity index (χ3v) is 3.58. The second-order valence-electron chi connectivity index (χ2n) is 2.45. The minimum absolute atomic E-state index is 0.134. The fourth-order valence-corrected chi connectivity index (χ4v) is 2.05. The molecular weight excluding hydrogens is 272 g/mol. The fraction of sp³-hybridized carbons (Fsp3) is 0.250. The number of rotatable bonds is 3. The van der Waals surface area contributed by atoms with Crippen LogP contribution in [0.2, 0.25) is 0 Å². The third-order valence-electron chi connectivity index (χ3n) is 1.64. The standard InChI is InChI=1S/C8H9BrO4S/c1-12-7-4-3-6(14(9,10)11)5-8(7)13-2/h3-5H,1-2H3. The molecule has 1 aromatic carbocycles. The van der Waals surface area contributed by atoms with Gasteiger partial charge in [0.25, 0.3) is 0 Å². The molecule has 6 heteroatoms. The highest BCUT2D eigenvalue weighted by atomic mass is 79.9. The highest BCUT2D eigenvalue weighted by molar-refractivity contribution is 9.47. The Hall–Kier alpha value is -0.750. The van der Waals surface area contributed by atoms with Crippen LogP contribution in [0.4, 0.5) is 0 Å². The van der Waals surface area contributed by atoms with Crippen molar-refractivity contribution < 1.29 is 17.9 Å². The van der Waals surface area contributed by atoms with Gasteiger partial charge in [-0.2, -0.15) is 0 Å². The van der Waals surface area contributed by atoms with E-state index >= 15 is 0 Å². The van der Waals surface area contributed by atoms with E-state index in [0.717, 1.165) is 0 Å². The van der Waals surface area contributed by atoms with Crippen molar-refractivity contribution in [2.75, 3.05) is 14.2 Å². The highest BCUT2D eigenvalue weighted by Crippen LogP contribution is 2.30. The first kappa shape index (κ1) is 11.3. The van der Waals surface area contributed by atoms with Gasteiger partial charge in [0.05, 0.1) is 33.9 Å². The van der Waals surface area contributed by atoms with Crippen LogP contribution in [0.15, 0.2) is 23.1 Å². The van der Waals surface area contributed by atoms with Crippen LogP contribution in [0.3, 0.4) is 0 Å². The van der Waals surface area contributed by atoms with Gasteiger partial charge in [0.15, 0.2) is 11.5 Å². The monoisotopic (exact) mass is 280 g/mol. The van der Waals surface area contributed by atoms with Crippen LogP contribution in [0.1, 0.15) is 0 Å². The summed E-state index contributed by atoms with van der Waals surface area (Å²) in [5, 5.41) is 0. The van der Waals surface area contributed by atoms with Crippen molar-refractivity contribution in [2.45, 2.75) is 4.90 Å². The molecule has 0 aliphatic rings. The minimum Gasteiger partial charge on any atom is -0.493 e. The largest absolute Gasteiger partial charge is 0.493 e. The van der Waals surface area contributed by atoms with Crippen LogP contribution in [-0.4, -0.2) is 22.6 Å². The number of hydrogen-bond acceptors (Lipinski definition) is 4. The molecule has 0 atom stereocenters. The zero-order valence-corrected chi connectivity index (χ0v) is 10.1. The van der Waals surface area contributed by atoms with Crippen molar-refractivity contribution in [3.05, 3.63) is 18.2 Å². The Labute approximate surface area is 90.0 Å². The van der Waals surface area contributed by atoms with Crippen LogP contribution in [-0.2, 0) is 8.27 Å². The quantitative estimate of drug-likeness (QED) is 0.793. The molecule has 1 aromatic rings. The number of halogens is 1. The van der Waals surface area contributed by atoms with Crippen molar-refractivity contribution in [1.29, 1.82) is 0 Å². The summed E-state index contributed by atoms with van der Waals surface area (Å²) in [6.45, 7) is 0. The van der Waals surface area contributed by atoms with E-state index in [1.54, 1.807) is 0 Å². The normalized spacial score (nSPS) is 11.1. The van der Waals surface area contributed by atoms with Gasteiger partial charge in [-0.05, 0) is 12.1 Å². The summed E-state index contributed by atoms with van der Waals surface area (Å²) in [5.74, 6) is 0.875. The Morgan fingerprint density at radius 3 is 2.14 bits per heavy atom. The van der Waals surface area contributed by atoms with Gasteiger partial charge >= 0.3 is 0 Å². The summed E-state index contributed by atoms with van der Waals surface area (Å²) in [6.07, 6.45) is 0. The molecule has 78 valence electrons. The molecule has 0 saturated carbocycles. The highest BCUT2D eigenvalue weighted by Gasteiger charge is 2.12. The summed E-state index contributed by atoms with van der Waals surface area (Å²) in [7, 11) is -0.450. The first-order chi connectivity index (χ1) is 6.49. The molecule has 0 aliphatic carbocycles. The lowest BCUT2D eigenvalue weighted by molar-refractivity contribution is 0.354. The summed E-state index contributed by atoms with van der Waals surface area (Å²) >= 11 is 2.57. The number of methoxy groups -OCH3 is 2. The molecule has 0 saturated heterocycles. The molecule has 0 unspecified atom stereocenters. The van der Waals surface area contributed by atoms with E-state index in [0.29, 0.717) is 11.5 Å². The Balaban J connectivity index is 3.28. The van der Waals surface area contributed by atoms with E-state index < -0.39 is 8.27 Å². The lowest BCUT2D eigenvalue weighted by atomic mass is 10.3. The molecule has 4 nitrogen and oxygen atoms in total. The lowest BCUT2D eigenvalue weighted by Gasteiger charge is -2.07. The smallest absolute Gasteiger partial charge is 0.237 e. The minimum atomic E-state index is -3.38. The summed E-state index contributed by atoms with van der Waals surface area (Å²) in [4.78, 5) is 0.134. The lowest BCUT2D eigenvalue weighted by Crippen LogP contribution is -1.94. The Bertz CT molecular complexity index is 427. The predicted molar refractivity (Wildman–Crippen MR) is 55.7 cm³/mol. The van der Waals surface area contributed by atoms with Crippen molar-refractivity contribution >= 4 is 23.1 Å². The molecule has 0 heterocycles. The predicted octanol–water partition coefficient (Wildman–Crippen LogP) is 1.79. The van der Waals surface area contributed by atoms with E-state index in [2.05, 4.69) is 14.8 Å². The Kier molecular flexibility index (Phi) is 3.38. The molecule has 14 heavy (non-hydrogen) atoms. The summed E-state index contributed by atoms with van der Waals surface area (Å²) in [5.41, 5.74) is 0. The molecular formula is C8H9BrO4S. The van der Waals surface area contributed by atoms with Gasteiger partial charge in [0.1, 0.15) is 0 Å². The van der Waals surface area contributed by atoms with Gasteiger partial charge in [-0.1, -0.05) is 0 Å². The molecule has 0 amide bonds. The second-order valence-corrected chi connectivity index (χ2v) is 6.36. The molecule has 0 bridgehead atoms. The summed E-state index contributed by atoms with van der Waals surface area (Å²) in [6, 6.07) is 4.36. The number of hydrogen-bond donors (Lipinski definition) is 0. The summed E-state index contributed by atoms with van der Waals surface area (Å²) < 4.78 is 32.2.